The molecule has 5 heteroatoms. The number of benzene rings is 2. The smallest absolute Gasteiger partial charge is 0.338 e. The summed E-state index contributed by atoms with van der Waals surface area (Å²) in [5.41, 5.74) is 3.22. The number of carbonyl (C=O) groups excluding carboxylic acids is 2. The van der Waals surface area contributed by atoms with Gasteiger partial charge in [-0.1, -0.05) is 19.4 Å². The predicted octanol–water partition coefficient (Wildman–Crippen LogP) is 4.67. The Kier molecular flexibility index (Phi) is 7.41. The first-order valence-corrected chi connectivity index (χ1v) is 9.22. The van der Waals surface area contributed by atoms with Crippen LogP contribution in [0.3, 0.4) is 0 Å². The van der Waals surface area contributed by atoms with Gasteiger partial charge >= 0.3 is 5.97 Å². The minimum Gasteiger partial charge on any atom is -0.481 e. The molecule has 0 spiro atoms. The molecule has 0 unspecified atom stereocenters. The van der Waals surface area contributed by atoms with E-state index >= 15 is 0 Å². The molecule has 1 amide bonds. The zero-order chi connectivity index (χ0) is 19.8. The van der Waals surface area contributed by atoms with Crippen molar-refractivity contribution < 1.29 is 19.1 Å². The lowest BCUT2D eigenvalue weighted by Gasteiger charge is -2.16. The third kappa shape index (κ3) is 6.44. The van der Waals surface area contributed by atoms with Gasteiger partial charge in [0.05, 0.1) is 12.2 Å². The molecule has 0 aromatic heterocycles. The molecule has 0 bridgehead atoms. The first kappa shape index (κ1) is 20.5. The average Bonchev–Trinajstić information content (AvgIpc) is 2.61. The summed E-state index contributed by atoms with van der Waals surface area (Å²) in [5.74, 6) is 0.0561. The van der Waals surface area contributed by atoms with Gasteiger partial charge in [-0.3, -0.25) is 4.79 Å². The molecule has 0 aliphatic carbocycles. The van der Waals surface area contributed by atoms with Crippen molar-refractivity contribution in [3.8, 4) is 5.75 Å². The van der Waals surface area contributed by atoms with Gasteiger partial charge in [0.1, 0.15) is 5.75 Å². The monoisotopic (exact) mass is 369 g/mol. The minimum absolute atomic E-state index is 0.257. The number of unbranched alkanes of at least 4 members (excludes halogenated alkanes) is 1. The molecule has 2 rings (SSSR count). The van der Waals surface area contributed by atoms with Gasteiger partial charge in [-0.05, 0) is 74.7 Å². The molecule has 0 aliphatic heterocycles. The Labute approximate surface area is 160 Å². The SMILES string of the molecule is CCCCOC(=O)c1ccc(NC(=O)[C@@H](C)Oc2cc(C)cc(C)c2)cc1. The number of nitrogens with one attached hydrogen (secondary N) is 1. The second kappa shape index (κ2) is 9.76. The molecule has 0 aliphatic rings. The molecule has 144 valence electrons. The van der Waals surface area contributed by atoms with E-state index in [0.717, 1.165) is 24.0 Å². The molecule has 0 fully saturated rings. The minimum atomic E-state index is -0.648. The van der Waals surface area contributed by atoms with Gasteiger partial charge in [0.2, 0.25) is 0 Å². The van der Waals surface area contributed by atoms with Crippen molar-refractivity contribution in [3.05, 3.63) is 59.2 Å². The Morgan fingerprint density at radius 1 is 1.04 bits per heavy atom. The lowest BCUT2D eigenvalue weighted by Crippen LogP contribution is -2.30. The highest BCUT2D eigenvalue weighted by Gasteiger charge is 2.16. The fourth-order valence-corrected chi connectivity index (χ4v) is 2.58. The van der Waals surface area contributed by atoms with Crippen molar-refractivity contribution in [2.24, 2.45) is 0 Å². The van der Waals surface area contributed by atoms with E-state index in [2.05, 4.69) is 5.32 Å². The van der Waals surface area contributed by atoms with Gasteiger partial charge in [0, 0.05) is 5.69 Å². The molecule has 2 aromatic carbocycles. The van der Waals surface area contributed by atoms with Gasteiger partial charge in [0.25, 0.3) is 5.91 Å². The number of hydrogen-bond acceptors (Lipinski definition) is 4. The lowest BCUT2D eigenvalue weighted by molar-refractivity contribution is -0.122. The molecule has 27 heavy (non-hydrogen) atoms. The molecule has 5 nitrogen and oxygen atoms in total. The number of hydrogen-bond donors (Lipinski definition) is 1. The van der Waals surface area contributed by atoms with Crippen molar-refractivity contribution in [2.45, 2.75) is 46.6 Å². The van der Waals surface area contributed by atoms with Crippen LogP contribution in [0.25, 0.3) is 0 Å². The Morgan fingerprint density at radius 2 is 1.67 bits per heavy atom. The number of anilines is 1. The van der Waals surface area contributed by atoms with Crippen LogP contribution < -0.4 is 10.1 Å². The quantitative estimate of drug-likeness (QED) is 0.543. The van der Waals surface area contributed by atoms with Crippen molar-refractivity contribution >= 4 is 17.6 Å². The normalized spacial score (nSPS) is 11.6. The van der Waals surface area contributed by atoms with Crippen LogP contribution in [0.5, 0.6) is 5.75 Å². The van der Waals surface area contributed by atoms with Crippen molar-refractivity contribution in [3.63, 3.8) is 0 Å². The van der Waals surface area contributed by atoms with E-state index in [1.807, 2.05) is 39.0 Å². The zero-order valence-corrected chi connectivity index (χ0v) is 16.4. The highest BCUT2D eigenvalue weighted by molar-refractivity contribution is 5.95. The predicted molar refractivity (Wildman–Crippen MR) is 106 cm³/mol. The molecule has 1 atom stereocenters. The summed E-state index contributed by atoms with van der Waals surface area (Å²) < 4.78 is 10.9. The van der Waals surface area contributed by atoms with Crippen LogP contribution in [0.1, 0.15) is 48.2 Å². The molecular formula is C22H27NO4. The van der Waals surface area contributed by atoms with E-state index in [-0.39, 0.29) is 11.9 Å². The number of carbonyl (C=O) groups is 2. The van der Waals surface area contributed by atoms with E-state index in [9.17, 15) is 9.59 Å². The Balaban J connectivity index is 1.91. The second-order valence-corrected chi connectivity index (χ2v) is 6.64. The van der Waals surface area contributed by atoms with Crippen LogP contribution in [0.15, 0.2) is 42.5 Å². The topological polar surface area (TPSA) is 64.6 Å². The summed E-state index contributed by atoms with van der Waals surface area (Å²) in [6, 6.07) is 12.5. The maximum atomic E-state index is 12.4. The molecule has 0 radical (unpaired) electrons. The summed E-state index contributed by atoms with van der Waals surface area (Å²) in [6.07, 6.45) is 1.17. The Morgan fingerprint density at radius 3 is 2.26 bits per heavy atom. The lowest BCUT2D eigenvalue weighted by atomic mass is 10.1. The first-order valence-electron chi connectivity index (χ1n) is 9.22. The van der Waals surface area contributed by atoms with Gasteiger partial charge in [0.15, 0.2) is 6.10 Å². The molecule has 1 N–H and O–H groups in total. The van der Waals surface area contributed by atoms with Crippen LogP contribution in [-0.2, 0) is 9.53 Å². The summed E-state index contributed by atoms with van der Waals surface area (Å²) in [7, 11) is 0. The summed E-state index contributed by atoms with van der Waals surface area (Å²) in [5, 5.41) is 2.79. The number of amides is 1. The van der Waals surface area contributed by atoms with Crippen LogP contribution >= 0.6 is 0 Å². The van der Waals surface area contributed by atoms with E-state index in [0.29, 0.717) is 23.6 Å². The largest absolute Gasteiger partial charge is 0.481 e. The van der Waals surface area contributed by atoms with Crippen LogP contribution in [0.4, 0.5) is 5.69 Å². The van der Waals surface area contributed by atoms with Crippen molar-refractivity contribution in [1.29, 1.82) is 0 Å². The standard InChI is InChI=1S/C22H27NO4/c1-5-6-11-26-22(25)18-7-9-19(10-8-18)23-21(24)17(4)27-20-13-15(2)12-16(3)14-20/h7-10,12-14,17H,5-6,11H2,1-4H3,(H,23,24)/t17-/m1/s1. The Bertz CT molecular complexity index is 763. The number of aryl methyl sites for hydroxylation is 2. The first-order chi connectivity index (χ1) is 12.9. The maximum absolute atomic E-state index is 12.4. The highest BCUT2D eigenvalue weighted by Crippen LogP contribution is 2.18. The summed E-state index contributed by atoms with van der Waals surface area (Å²) in [6.45, 7) is 8.13. The second-order valence-electron chi connectivity index (χ2n) is 6.64. The van der Waals surface area contributed by atoms with Crippen LogP contribution in [0, 0.1) is 13.8 Å². The summed E-state index contributed by atoms with van der Waals surface area (Å²) >= 11 is 0. The average molecular weight is 369 g/mol. The summed E-state index contributed by atoms with van der Waals surface area (Å²) in [4.78, 5) is 24.2. The van der Waals surface area contributed by atoms with E-state index < -0.39 is 6.10 Å². The third-order valence-corrected chi connectivity index (χ3v) is 4.00. The molecule has 0 saturated carbocycles. The number of rotatable bonds is 8. The molecule has 0 heterocycles. The number of ether oxygens (including phenoxy) is 2. The van der Waals surface area contributed by atoms with E-state index in [4.69, 9.17) is 9.47 Å². The van der Waals surface area contributed by atoms with E-state index in [1.54, 1.807) is 31.2 Å². The molecular weight excluding hydrogens is 342 g/mol. The van der Waals surface area contributed by atoms with Crippen LogP contribution in [0.2, 0.25) is 0 Å². The maximum Gasteiger partial charge on any atom is 0.338 e. The van der Waals surface area contributed by atoms with Gasteiger partial charge < -0.3 is 14.8 Å². The fraction of sp³-hybridized carbons (Fsp3) is 0.364. The van der Waals surface area contributed by atoms with Gasteiger partial charge in [-0.15, -0.1) is 0 Å². The fourth-order valence-electron chi connectivity index (χ4n) is 2.58. The highest BCUT2D eigenvalue weighted by atomic mass is 16.5. The van der Waals surface area contributed by atoms with Crippen molar-refractivity contribution in [2.75, 3.05) is 11.9 Å². The molecule has 0 saturated heterocycles. The van der Waals surface area contributed by atoms with Gasteiger partial charge in [-0.25, -0.2) is 4.79 Å². The van der Waals surface area contributed by atoms with E-state index in [1.165, 1.54) is 0 Å². The third-order valence-electron chi connectivity index (χ3n) is 4.00. The van der Waals surface area contributed by atoms with Crippen LogP contribution in [-0.4, -0.2) is 24.6 Å². The molecule has 2 aromatic rings. The Hall–Kier alpha value is -2.82. The van der Waals surface area contributed by atoms with Crippen molar-refractivity contribution in [1.82, 2.24) is 0 Å². The zero-order valence-electron chi connectivity index (χ0n) is 16.4. The number of esters is 1. The van der Waals surface area contributed by atoms with Gasteiger partial charge in [-0.2, -0.15) is 0 Å².